The van der Waals surface area contributed by atoms with Gasteiger partial charge in [-0.3, -0.25) is 0 Å². The molecule has 1 aliphatic rings. The van der Waals surface area contributed by atoms with E-state index in [-0.39, 0.29) is 6.04 Å². The Morgan fingerprint density at radius 1 is 1.29 bits per heavy atom. The molecule has 1 aromatic carbocycles. The first-order valence-electron chi connectivity index (χ1n) is 5.95. The number of benzene rings is 1. The van der Waals surface area contributed by atoms with Gasteiger partial charge in [-0.05, 0) is 42.9 Å². The van der Waals surface area contributed by atoms with Crippen LogP contribution in [0.2, 0.25) is 0 Å². The van der Waals surface area contributed by atoms with E-state index in [0.29, 0.717) is 5.92 Å². The third-order valence-electron chi connectivity index (χ3n) is 3.29. The van der Waals surface area contributed by atoms with Crippen molar-refractivity contribution >= 4 is 31.9 Å². The largest absolute Gasteiger partial charge is 0.381 e. The zero-order chi connectivity index (χ0) is 12.3. The average Bonchev–Trinajstić information content (AvgIpc) is 2.30. The highest BCUT2D eigenvalue weighted by molar-refractivity contribution is 9.11. The zero-order valence-electron chi connectivity index (χ0n) is 9.66. The molecule has 1 unspecified atom stereocenters. The minimum Gasteiger partial charge on any atom is -0.381 e. The summed E-state index contributed by atoms with van der Waals surface area (Å²) in [6.45, 7) is 1.78. The van der Waals surface area contributed by atoms with Crippen molar-refractivity contribution in [2.75, 3.05) is 13.2 Å². The van der Waals surface area contributed by atoms with E-state index >= 15 is 0 Å². The van der Waals surface area contributed by atoms with Crippen molar-refractivity contribution < 1.29 is 4.74 Å². The first-order valence-corrected chi connectivity index (χ1v) is 7.53. The van der Waals surface area contributed by atoms with Crippen LogP contribution in [-0.2, 0) is 4.74 Å². The highest BCUT2D eigenvalue weighted by Gasteiger charge is 2.19. The summed E-state index contributed by atoms with van der Waals surface area (Å²) >= 11 is 7.03. The monoisotopic (exact) mass is 361 g/mol. The Bertz CT molecular complexity index is 378. The summed E-state index contributed by atoms with van der Waals surface area (Å²) in [7, 11) is 0. The molecule has 2 rings (SSSR count). The van der Waals surface area contributed by atoms with Gasteiger partial charge >= 0.3 is 0 Å². The lowest BCUT2D eigenvalue weighted by molar-refractivity contribution is 0.0618. The van der Waals surface area contributed by atoms with Gasteiger partial charge in [0.05, 0.1) is 0 Å². The minimum absolute atomic E-state index is 0.112. The van der Waals surface area contributed by atoms with Crippen molar-refractivity contribution in [2.45, 2.75) is 25.3 Å². The highest BCUT2D eigenvalue weighted by Crippen LogP contribution is 2.31. The molecule has 1 atom stereocenters. The number of nitrogens with two attached hydrogens (primary N) is 1. The van der Waals surface area contributed by atoms with Crippen LogP contribution in [0.15, 0.2) is 27.1 Å². The van der Waals surface area contributed by atoms with Gasteiger partial charge in [0.15, 0.2) is 0 Å². The molecule has 0 radical (unpaired) electrons. The Labute approximate surface area is 119 Å². The van der Waals surface area contributed by atoms with E-state index in [4.69, 9.17) is 10.5 Å². The summed E-state index contributed by atoms with van der Waals surface area (Å²) in [6, 6.07) is 6.31. The molecular weight excluding hydrogens is 346 g/mol. The third-order valence-corrected chi connectivity index (χ3v) is 4.47. The molecule has 94 valence electrons. The Balaban J connectivity index is 2.00. The highest BCUT2D eigenvalue weighted by atomic mass is 79.9. The molecule has 1 heterocycles. The zero-order valence-corrected chi connectivity index (χ0v) is 12.8. The molecule has 2 N–H and O–H groups in total. The Morgan fingerprint density at radius 2 is 2.00 bits per heavy atom. The second-order valence-corrected chi connectivity index (χ2v) is 6.33. The lowest BCUT2D eigenvalue weighted by Gasteiger charge is -2.25. The van der Waals surface area contributed by atoms with Gasteiger partial charge in [0.2, 0.25) is 0 Å². The van der Waals surface area contributed by atoms with Gasteiger partial charge in [-0.25, -0.2) is 0 Å². The Hall–Kier alpha value is 0.1000. The summed E-state index contributed by atoms with van der Waals surface area (Å²) in [5, 5.41) is 0. The van der Waals surface area contributed by atoms with Crippen LogP contribution >= 0.6 is 31.9 Å². The number of hydrogen-bond acceptors (Lipinski definition) is 2. The molecule has 0 bridgehead atoms. The van der Waals surface area contributed by atoms with E-state index in [1.54, 1.807) is 0 Å². The maximum atomic E-state index is 6.29. The molecular formula is C13H17Br2NO. The van der Waals surface area contributed by atoms with Crippen molar-refractivity contribution in [1.82, 2.24) is 0 Å². The van der Waals surface area contributed by atoms with Crippen LogP contribution in [0, 0.1) is 5.92 Å². The maximum Gasteiger partial charge on any atom is 0.0468 e. The van der Waals surface area contributed by atoms with Crippen LogP contribution in [0.4, 0.5) is 0 Å². The third kappa shape index (κ3) is 3.78. The first-order chi connectivity index (χ1) is 8.16. The van der Waals surface area contributed by atoms with E-state index in [9.17, 15) is 0 Å². The number of ether oxygens (including phenoxy) is 1. The number of hydrogen-bond donors (Lipinski definition) is 1. The van der Waals surface area contributed by atoms with E-state index in [0.717, 1.165) is 41.4 Å². The van der Waals surface area contributed by atoms with Crippen LogP contribution in [0.3, 0.4) is 0 Å². The normalized spacial score (nSPS) is 19.2. The standard InChI is InChI=1S/C13H17Br2NO/c14-10-1-2-11(12(15)8-10)13(16)7-9-3-5-17-6-4-9/h1-2,8-9,13H,3-7,16H2. The molecule has 2 nitrogen and oxygen atoms in total. The fourth-order valence-electron chi connectivity index (χ4n) is 2.27. The van der Waals surface area contributed by atoms with Gasteiger partial charge in [-0.15, -0.1) is 0 Å². The van der Waals surface area contributed by atoms with Gasteiger partial charge in [0.25, 0.3) is 0 Å². The van der Waals surface area contributed by atoms with E-state index in [1.807, 2.05) is 6.07 Å². The predicted octanol–water partition coefficient (Wildman–Crippen LogP) is 4.03. The lowest BCUT2D eigenvalue weighted by Crippen LogP contribution is -2.21. The van der Waals surface area contributed by atoms with E-state index < -0.39 is 0 Å². The molecule has 4 heteroatoms. The molecule has 1 saturated heterocycles. The Kier molecular flexibility index (Phi) is 5.03. The molecule has 1 fully saturated rings. The molecule has 0 aliphatic carbocycles. The van der Waals surface area contributed by atoms with Crippen LogP contribution in [0.1, 0.15) is 30.9 Å². The summed E-state index contributed by atoms with van der Waals surface area (Å²) in [6.07, 6.45) is 3.33. The smallest absolute Gasteiger partial charge is 0.0468 e. The maximum absolute atomic E-state index is 6.29. The van der Waals surface area contributed by atoms with Crippen molar-refractivity contribution in [3.05, 3.63) is 32.7 Å². The first kappa shape index (κ1) is 13.5. The van der Waals surface area contributed by atoms with E-state index in [1.165, 1.54) is 5.56 Å². The van der Waals surface area contributed by atoms with Crippen molar-refractivity contribution in [3.8, 4) is 0 Å². The minimum atomic E-state index is 0.112. The molecule has 0 spiro atoms. The second kappa shape index (κ2) is 6.32. The molecule has 0 saturated carbocycles. The summed E-state index contributed by atoms with van der Waals surface area (Å²) in [4.78, 5) is 0. The molecule has 0 amide bonds. The van der Waals surface area contributed by atoms with Gasteiger partial charge in [0, 0.05) is 28.2 Å². The Morgan fingerprint density at radius 3 is 2.65 bits per heavy atom. The average molecular weight is 363 g/mol. The predicted molar refractivity (Wildman–Crippen MR) is 76.9 cm³/mol. The van der Waals surface area contributed by atoms with Gasteiger partial charge in [-0.2, -0.15) is 0 Å². The summed E-state index contributed by atoms with van der Waals surface area (Å²) in [5.74, 6) is 0.703. The SMILES string of the molecule is NC(CC1CCOCC1)c1ccc(Br)cc1Br. The van der Waals surface area contributed by atoms with Gasteiger partial charge in [-0.1, -0.05) is 37.9 Å². The summed E-state index contributed by atoms with van der Waals surface area (Å²) in [5.41, 5.74) is 7.48. The van der Waals surface area contributed by atoms with Crippen molar-refractivity contribution in [3.63, 3.8) is 0 Å². The lowest BCUT2D eigenvalue weighted by atomic mass is 9.90. The number of halogens is 2. The summed E-state index contributed by atoms with van der Waals surface area (Å²) < 4.78 is 7.53. The van der Waals surface area contributed by atoms with E-state index in [2.05, 4.69) is 44.0 Å². The van der Waals surface area contributed by atoms with Gasteiger partial charge < -0.3 is 10.5 Å². The van der Waals surface area contributed by atoms with Crippen LogP contribution in [-0.4, -0.2) is 13.2 Å². The second-order valence-electron chi connectivity index (χ2n) is 4.56. The fourth-order valence-corrected chi connectivity index (χ4v) is 3.61. The quantitative estimate of drug-likeness (QED) is 0.880. The molecule has 1 aliphatic heterocycles. The van der Waals surface area contributed by atoms with Crippen LogP contribution < -0.4 is 5.73 Å². The van der Waals surface area contributed by atoms with Gasteiger partial charge in [0.1, 0.15) is 0 Å². The number of rotatable bonds is 3. The molecule has 17 heavy (non-hydrogen) atoms. The molecule has 0 aromatic heterocycles. The van der Waals surface area contributed by atoms with Crippen molar-refractivity contribution in [2.24, 2.45) is 11.7 Å². The van der Waals surface area contributed by atoms with Crippen molar-refractivity contribution in [1.29, 1.82) is 0 Å². The topological polar surface area (TPSA) is 35.2 Å². The fraction of sp³-hybridized carbons (Fsp3) is 0.538. The van der Waals surface area contributed by atoms with Crippen LogP contribution in [0.5, 0.6) is 0 Å². The molecule has 1 aromatic rings. The van der Waals surface area contributed by atoms with Crippen LogP contribution in [0.25, 0.3) is 0 Å².